The van der Waals surface area contributed by atoms with Crippen molar-refractivity contribution in [3.8, 4) is 0 Å². The zero-order chi connectivity index (χ0) is 4.99. The van der Waals surface area contributed by atoms with Gasteiger partial charge in [-0.05, 0) is 0 Å². The average molecular weight is 144 g/mol. The number of hydrogen-bond donors (Lipinski definition) is 0. The van der Waals surface area contributed by atoms with Crippen LogP contribution in [0.3, 0.4) is 0 Å². The Morgan fingerprint density at radius 1 is 1.50 bits per heavy atom. The summed E-state index contributed by atoms with van der Waals surface area (Å²) in [7, 11) is 0. The quantitative estimate of drug-likeness (QED) is 0.479. The van der Waals surface area contributed by atoms with E-state index in [1.807, 2.05) is 0 Å². The van der Waals surface area contributed by atoms with Crippen molar-refractivity contribution in [3.63, 3.8) is 0 Å². The molecule has 0 amide bonds. The molecule has 0 aromatic rings. The second-order valence-corrected chi connectivity index (χ2v) is 3.68. The fourth-order valence-corrected chi connectivity index (χ4v) is 1.73. The normalized spacial score (nSPS) is 11.3. The summed E-state index contributed by atoms with van der Waals surface area (Å²) in [6, 6.07) is 0. The molecular formula is C5H11Ge. The Morgan fingerprint density at radius 3 is 2.00 bits per heavy atom. The van der Waals surface area contributed by atoms with Gasteiger partial charge in [0.15, 0.2) is 0 Å². The minimum absolute atomic E-state index is 0.0839. The first-order valence-corrected chi connectivity index (χ1v) is 6.02. The second-order valence-electron chi connectivity index (χ2n) is 1.58. The summed E-state index contributed by atoms with van der Waals surface area (Å²) in [6.45, 7) is 4.31. The molecule has 0 fully saturated rings. The fraction of sp³-hybridized carbons (Fsp3) is 0.600. The van der Waals surface area contributed by atoms with Crippen LogP contribution < -0.4 is 0 Å². The SMILES string of the molecule is [CH3][GeH]=[CH][C](C)C. The molecule has 6 heavy (non-hydrogen) atoms. The minimum atomic E-state index is 0.0839. The molecule has 0 atom stereocenters. The van der Waals surface area contributed by atoms with Gasteiger partial charge in [0.25, 0.3) is 0 Å². The van der Waals surface area contributed by atoms with E-state index in [-0.39, 0.29) is 15.0 Å². The van der Waals surface area contributed by atoms with Crippen molar-refractivity contribution in [2.45, 2.75) is 19.6 Å². The van der Waals surface area contributed by atoms with Gasteiger partial charge in [0.05, 0.1) is 0 Å². The molecule has 1 radical (unpaired) electrons. The Labute approximate surface area is 46.0 Å². The van der Waals surface area contributed by atoms with Gasteiger partial charge >= 0.3 is 45.4 Å². The van der Waals surface area contributed by atoms with E-state index >= 15 is 0 Å². The third-order valence-electron chi connectivity index (χ3n) is 0.500. The second kappa shape index (κ2) is 3.60. The first-order valence-electron chi connectivity index (χ1n) is 2.20. The van der Waals surface area contributed by atoms with Gasteiger partial charge in [0.1, 0.15) is 0 Å². The third kappa shape index (κ3) is 4.41. The van der Waals surface area contributed by atoms with Crippen LogP contribution in [0.4, 0.5) is 0 Å². The molecule has 0 heterocycles. The van der Waals surface area contributed by atoms with Crippen LogP contribution in [0.5, 0.6) is 0 Å². The van der Waals surface area contributed by atoms with E-state index in [2.05, 4.69) is 24.5 Å². The summed E-state index contributed by atoms with van der Waals surface area (Å²) in [5.74, 6) is 3.79. The van der Waals surface area contributed by atoms with Crippen molar-refractivity contribution in [2.24, 2.45) is 0 Å². The molecule has 0 unspecified atom stereocenters. The summed E-state index contributed by atoms with van der Waals surface area (Å²) in [6.07, 6.45) is 0. The molecule has 35 valence electrons. The van der Waals surface area contributed by atoms with Crippen molar-refractivity contribution in [1.82, 2.24) is 0 Å². The Hall–Kier alpha value is 0.413. The molecule has 0 aliphatic rings. The first-order chi connectivity index (χ1) is 2.77. The Kier molecular flexibility index (Phi) is 3.85. The van der Waals surface area contributed by atoms with E-state index in [1.165, 1.54) is 5.92 Å². The van der Waals surface area contributed by atoms with E-state index in [1.54, 1.807) is 0 Å². The molecule has 0 aliphatic heterocycles. The van der Waals surface area contributed by atoms with Crippen LogP contribution in [0.2, 0.25) is 5.76 Å². The van der Waals surface area contributed by atoms with Crippen LogP contribution >= 0.6 is 0 Å². The number of rotatable bonds is 1. The van der Waals surface area contributed by atoms with Gasteiger partial charge in [-0.15, -0.1) is 0 Å². The van der Waals surface area contributed by atoms with E-state index in [4.69, 9.17) is 0 Å². The van der Waals surface area contributed by atoms with Gasteiger partial charge in [-0.2, -0.15) is 0 Å². The van der Waals surface area contributed by atoms with Crippen molar-refractivity contribution in [3.05, 3.63) is 5.92 Å². The number of hydrogen-bond acceptors (Lipinski definition) is 0. The molecule has 0 aromatic heterocycles. The van der Waals surface area contributed by atoms with Gasteiger partial charge in [-0.1, -0.05) is 0 Å². The first kappa shape index (κ1) is 6.41. The van der Waals surface area contributed by atoms with Crippen LogP contribution in [0.15, 0.2) is 0 Å². The van der Waals surface area contributed by atoms with Crippen molar-refractivity contribution in [1.29, 1.82) is 0 Å². The molecule has 0 rings (SSSR count). The van der Waals surface area contributed by atoms with Gasteiger partial charge in [-0.3, -0.25) is 0 Å². The zero-order valence-electron chi connectivity index (χ0n) is 4.65. The maximum atomic E-state index is 2.36. The Balaban J connectivity index is 3.03. The van der Waals surface area contributed by atoms with Crippen molar-refractivity contribution in [2.75, 3.05) is 0 Å². The topological polar surface area (TPSA) is 0 Å². The van der Waals surface area contributed by atoms with Crippen LogP contribution in [0.25, 0.3) is 0 Å². The molecule has 0 N–H and O–H groups in total. The predicted octanol–water partition coefficient (Wildman–Crippen LogP) is 0.887. The zero-order valence-corrected chi connectivity index (χ0v) is 7.08. The van der Waals surface area contributed by atoms with Gasteiger partial charge in [-0.25, -0.2) is 0 Å². The molecular weight excluding hydrogens is 133 g/mol. The summed E-state index contributed by atoms with van der Waals surface area (Å²) in [4.78, 5) is 2.36. The standard InChI is InChI=1S/C5H11Ge/c1-5(2)4-6-3/h4,6H,1-3H3. The maximum absolute atomic E-state index is 2.36. The molecule has 1 heteroatoms. The fourth-order valence-electron chi connectivity index (χ4n) is 0.333. The van der Waals surface area contributed by atoms with Gasteiger partial charge in [0.2, 0.25) is 0 Å². The Bertz CT molecular complexity index is 45.9. The summed E-state index contributed by atoms with van der Waals surface area (Å²) in [5, 5.41) is 0. The molecule has 0 nitrogen and oxygen atoms in total. The van der Waals surface area contributed by atoms with Crippen LogP contribution in [-0.4, -0.2) is 19.8 Å². The molecule has 0 spiro atoms. The third-order valence-corrected chi connectivity index (χ3v) is 2.60. The molecule has 0 aliphatic carbocycles. The van der Waals surface area contributed by atoms with E-state index in [0.29, 0.717) is 0 Å². The monoisotopic (exact) mass is 145 g/mol. The summed E-state index contributed by atoms with van der Waals surface area (Å²) < 4.78 is 0. The molecule has 0 bridgehead atoms. The van der Waals surface area contributed by atoms with Gasteiger partial charge < -0.3 is 0 Å². The van der Waals surface area contributed by atoms with Crippen LogP contribution in [-0.2, 0) is 0 Å². The van der Waals surface area contributed by atoms with Crippen molar-refractivity contribution < 1.29 is 0 Å². The Morgan fingerprint density at radius 2 is 2.00 bits per heavy atom. The average Bonchev–Trinajstić information content (AvgIpc) is 1.35. The van der Waals surface area contributed by atoms with E-state index in [0.717, 1.165) is 0 Å². The molecule has 0 aromatic carbocycles. The van der Waals surface area contributed by atoms with Crippen molar-refractivity contribution >= 4 is 19.8 Å². The predicted molar refractivity (Wildman–Crippen MR) is 33.7 cm³/mol. The van der Waals surface area contributed by atoms with Gasteiger partial charge in [0, 0.05) is 0 Å². The van der Waals surface area contributed by atoms with Crippen LogP contribution in [0, 0.1) is 5.92 Å². The van der Waals surface area contributed by atoms with E-state index < -0.39 is 0 Å². The van der Waals surface area contributed by atoms with E-state index in [9.17, 15) is 0 Å². The molecule has 0 saturated carbocycles. The van der Waals surface area contributed by atoms with Crippen LogP contribution in [0.1, 0.15) is 13.8 Å². The molecule has 0 saturated heterocycles. The summed E-state index contributed by atoms with van der Waals surface area (Å²) in [5.41, 5.74) is 0. The summed E-state index contributed by atoms with van der Waals surface area (Å²) >= 11 is 0.0839.